The zero-order chi connectivity index (χ0) is 15.9. The summed E-state index contributed by atoms with van der Waals surface area (Å²) in [4.78, 5) is 4.74. The molecule has 0 fully saturated rings. The molecule has 0 bridgehead atoms. The number of nitrogens with zero attached hydrogens (tertiary/aromatic N) is 2. The highest BCUT2D eigenvalue weighted by Gasteiger charge is 2.25. The molecule has 1 aromatic carbocycles. The molecule has 0 saturated heterocycles. The van der Waals surface area contributed by atoms with Gasteiger partial charge in [0.1, 0.15) is 0 Å². The van der Waals surface area contributed by atoms with Crippen molar-refractivity contribution in [2.75, 3.05) is 26.2 Å². The number of nitrogens with two attached hydrogens (primary N) is 1. The summed E-state index contributed by atoms with van der Waals surface area (Å²) in [5.41, 5.74) is 8.91. The number of likely N-dealkylation sites (N-methyl/N-ethyl adjacent to an activating group) is 1. The Balaban J connectivity index is 2.70. The van der Waals surface area contributed by atoms with Crippen molar-refractivity contribution in [2.45, 2.75) is 53.2 Å². The average Bonchev–Trinajstić information content (AvgIpc) is 2.47. The molecule has 1 aromatic rings. The van der Waals surface area contributed by atoms with Crippen molar-refractivity contribution in [3.63, 3.8) is 0 Å². The molecule has 1 unspecified atom stereocenters. The van der Waals surface area contributed by atoms with E-state index in [0.717, 1.165) is 39.1 Å². The van der Waals surface area contributed by atoms with E-state index >= 15 is 0 Å². The molecule has 0 aliphatic carbocycles. The highest BCUT2D eigenvalue weighted by Crippen LogP contribution is 2.16. The van der Waals surface area contributed by atoms with Crippen molar-refractivity contribution in [2.24, 2.45) is 5.73 Å². The van der Waals surface area contributed by atoms with Crippen LogP contribution in [0.15, 0.2) is 24.3 Å². The second kappa shape index (κ2) is 8.52. The molecule has 3 heteroatoms. The molecule has 0 spiro atoms. The van der Waals surface area contributed by atoms with Crippen LogP contribution in [0.3, 0.4) is 0 Å². The monoisotopic (exact) mass is 291 g/mol. The van der Waals surface area contributed by atoms with E-state index in [1.807, 2.05) is 0 Å². The zero-order valence-electron chi connectivity index (χ0n) is 14.5. The predicted octanol–water partition coefficient (Wildman–Crippen LogP) is 3.09. The van der Waals surface area contributed by atoms with Gasteiger partial charge in [-0.05, 0) is 44.2 Å². The first-order valence-electron chi connectivity index (χ1n) is 8.30. The summed E-state index contributed by atoms with van der Waals surface area (Å²) < 4.78 is 0. The minimum Gasteiger partial charge on any atom is -0.313 e. The van der Waals surface area contributed by atoms with Gasteiger partial charge >= 0.3 is 0 Å². The van der Waals surface area contributed by atoms with Crippen molar-refractivity contribution in [3.05, 3.63) is 35.4 Å². The van der Waals surface area contributed by atoms with Gasteiger partial charge in [0.25, 0.3) is 0 Å². The molecule has 2 N–H and O–H groups in total. The third kappa shape index (κ3) is 5.42. The Morgan fingerprint density at radius 3 is 1.76 bits per heavy atom. The fourth-order valence-electron chi connectivity index (χ4n) is 2.94. The van der Waals surface area contributed by atoms with Crippen molar-refractivity contribution in [1.29, 1.82) is 0 Å². The Bertz CT molecular complexity index is 389. The average molecular weight is 291 g/mol. The standard InChI is InChI=1S/C18H33N3/c1-6-20(7-2)15-17-12-10-16(11-13-17)14-18(5,19)21(8-3)9-4/h10-13H,6-9,14-15,19H2,1-5H3. The van der Waals surface area contributed by atoms with E-state index in [-0.39, 0.29) is 5.66 Å². The molecular weight excluding hydrogens is 258 g/mol. The van der Waals surface area contributed by atoms with Crippen LogP contribution in [0.2, 0.25) is 0 Å². The maximum atomic E-state index is 6.49. The minimum absolute atomic E-state index is 0.274. The van der Waals surface area contributed by atoms with Gasteiger partial charge in [0.05, 0.1) is 5.66 Å². The third-order valence-electron chi connectivity index (χ3n) is 4.37. The Morgan fingerprint density at radius 1 is 0.857 bits per heavy atom. The molecule has 3 nitrogen and oxygen atoms in total. The lowest BCUT2D eigenvalue weighted by Crippen LogP contribution is -2.55. The summed E-state index contributed by atoms with van der Waals surface area (Å²) in [5.74, 6) is 0. The smallest absolute Gasteiger partial charge is 0.0699 e. The quantitative estimate of drug-likeness (QED) is 0.710. The van der Waals surface area contributed by atoms with Gasteiger partial charge in [0.15, 0.2) is 0 Å². The van der Waals surface area contributed by atoms with Crippen LogP contribution in [0.25, 0.3) is 0 Å². The Hall–Kier alpha value is -0.900. The third-order valence-corrected chi connectivity index (χ3v) is 4.37. The second-order valence-electron chi connectivity index (χ2n) is 5.98. The SMILES string of the molecule is CCN(CC)Cc1ccc(CC(C)(N)N(CC)CC)cc1. The molecule has 0 aromatic heterocycles. The van der Waals surface area contributed by atoms with Gasteiger partial charge in [-0.2, -0.15) is 0 Å². The van der Waals surface area contributed by atoms with Gasteiger partial charge in [-0.1, -0.05) is 52.0 Å². The largest absolute Gasteiger partial charge is 0.313 e. The molecule has 1 atom stereocenters. The fraction of sp³-hybridized carbons (Fsp3) is 0.667. The summed E-state index contributed by atoms with van der Waals surface area (Å²) in [7, 11) is 0. The highest BCUT2D eigenvalue weighted by molar-refractivity contribution is 5.24. The number of benzene rings is 1. The molecule has 21 heavy (non-hydrogen) atoms. The van der Waals surface area contributed by atoms with Gasteiger partial charge in [-0.15, -0.1) is 0 Å². The van der Waals surface area contributed by atoms with Gasteiger partial charge in [-0.25, -0.2) is 0 Å². The van der Waals surface area contributed by atoms with Crippen molar-refractivity contribution < 1.29 is 0 Å². The molecule has 0 aliphatic heterocycles. The van der Waals surface area contributed by atoms with Gasteiger partial charge in [-0.3, -0.25) is 9.80 Å². The van der Waals surface area contributed by atoms with Crippen LogP contribution < -0.4 is 5.73 Å². The van der Waals surface area contributed by atoms with E-state index < -0.39 is 0 Å². The lowest BCUT2D eigenvalue weighted by atomic mass is 9.99. The van der Waals surface area contributed by atoms with Crippen molar-refractivity contribution in [1.82, 2.24) is 9.80 Å². The maximum absolute atomic E-state index is 6.49. The zero-order valence-corrected chi connectivity index (χ0v) is 14.5. The normalized spacial score (nSPS) is 14.7. The molecule has 0 heterocycles. The van der Waals surface area contributed by atoms with Crippen molar-refractivity contribution >= 4 is 0 Å². The molecule has 0 aliphatic rings. The Morgan fingerprint density at radius 2 is 1.33 bits per heavy atom. The van der Waals surface area contributed by atoms with Gasteiger partial charge in [0.2, 0.25) is 0 Å². The number of rotatable bonds is 9. The fourth-order valence-corrected chi connectivity index (χ4v) is 2.94. The predicted molar refractivity (Wildman–Crippen MR) is 92.3 cm³/mol. The molecule has 0 radical (unpaired) electrons. The lowest BCUT2D eigenvalue weighted by Gasteiger charge is -2.37. The van der Waals surface area contributed by atoms with Crippen LogP contribution in [0.1, 0.15) is 45.7 Å². The van der Waals surface area contributed by atoms with Crippen LogP contribution in [0, 0.1) is 0 Å². The van der Waals surface area contributed by atoms with E-state index in [4.69, 9.17) is 5.73 Å². The molecule has 0 saturated carbocycles. The first kappa shape index (κ1) is 18.1. The summed E-state index contributed by atoms with van der Waals surface area (Å²) in [6.45, 7) is 16.1. The molecule has 1 rings (SSSR count). The van der Waals surface area contributed by atoms with E-state index in [2.05, 4.69) is 68.7 Å². The van der Waals surface area contributed by atoms with Gasteiger partial charge in [0, 0.05) is 13.0 Å². The number of hydrogen-bond acceptors (Lipinski definition) is 3. The van der Waals surface area contributed by atoms with Crippen LogP contribution >= 0.6 is 0 Å². The summed E-state index contributed by atoms with van der Waals surface area (Å²) >= 11 is 0. The number of hydrogen-bond donors (Lipinski definition) is 1. The van der Waals surface area contributed by atoms with E-state index in [0.29, 0.717) is 0 Å². The highest BCUT2D eigenvalue weighted by atomic mass is 15.3. The summed E-state index contributed by atoms with van der Waals surface area (Å²) in [6.07, 6.45) is 0.889. The van der Waals surface area contributed by atoms with Crippen LogP contribution in [0.4, 0.5) is 0 Å². The first-order chi connectivity index (χ1) is 9.96. The van der Waals surface area contributed by atoms with E-state index in [1.165, 1.54) is 11.1 Å². The van der Waals surface area contributed by atoms with E-state index in [9.17, 15) is 0 Å². The molecule has 120 valence electrons. The maximum Gasteiger partial charge on any atom is 0.0699 e. The van der Waals surface area contributed by atoms with E-state index in [1.54, 1.807) is 0 Å². The Labute approximate surface area is 131 Å². The van der Waals surface area contributed by atoms with Crippen LogP contribution in [-0.4, -0.2) is 41.6 Å². The van der Waals surface area contributed by atoms with Crippen molar-refractivity contribution in [3.8, 4) is 0 Å². The summed E-state index contributed by atoms with van der Waals surface area (Å²) in [5, 5.41) is 0. The lowest BCUT2D eigenvalue weighted by molar-refractivity contribution is 0.123. The van der Waals surface area contributed by atoms with Crippen LogP contribution in [0.5, 0.6) is 0 Å². The Kier molecular flexibility index (Phi) is 7.36. The first-order valence-corrected chi connectivity index (χ1v) is 8.30. The van der Waals surface area contributed by atoms with Gasteiger partial charge < -0.3 is 5.73 Å². The molecular formula is C18H33N3. The second-order valence-corrected chi connectivity index (χ2v) is 5.98. The summed E-state index contributed by atoms with van der Waals surface area (Å²) in [6, 6.07) is 8.94. The topological polar surface area (TPSA) is 32.5 Å². The molecule has 0 amide bonds. The van der Waals surface area contributed by atoms with Crippen LogP contribution in [-0.2, 0) is 13.0 Å². The minimum atomic E-state index is -0.274.